The molecule has 106 valence electrons. The van der Waals surface area contributed by atoms with E-state index in [1.807, 2.05) is 0 Å². The Bertz CT molecular complexity index is 571. The van der Waals surface area contributed by atoms with E-state index in [9.17, 15) is 18.5 Å². The molecule has 2 N–H and O–H groups in total. The van der Waals surface area contributed by atoms with Crippen LogP contribution in [0.4, 0.5) is 11.5 Å². The van der Waals surface area contributed by atoms with Crippen molar-refractivity contribution in [1.29, 1.82) is 0 Å². The Morgan fingerprint density at radius 2 is 2.11 bits per heavy atom. The highest BCUT2D eigenvalue weighted by Gasteiger charge is 2.23. The zero-order valence-electron chi connectivity index (χ0n) is 10.9. The third kappa shape index (κ3) is 5.18. The first-order valence-corrected chi connectivity index (χ1v) is 7.32. The zero-order valence-corrected chi connectivity index (χ0v) is 11.7. The Labute approximate surface area is 111 Å². The van der Waals surface area contributed by atoms with E-state index in [2.05, 4.69) is 15.0 Å². The highest BCUT2D eigenvalue weighted by Crippen LogP contribution is 2.20. The van der Waals surface area contributed by atoms with Crippen molar-refractivity contribution in [2.24, 2.45) is 0 Å². The van der Waals surface area contributed by atoms with Gasteiger partial charge in [0.25, 0.3) is 0 Å². The Hall–Kier alpha value is -1.74. The number of rotatable bonds is 6. The molecule has 0 saturated carbocycles. The molecule has 1 aromatic rings. The molecule has 0 unspecified atom stereocenters. The summed E-state index contributed by atoms with van der Waals surface area (Å²) in [5, 5.41) is 13.6. The largest absolute Gasteiger partial charge is 0.362 e. The summed E-state index contributed by atoms with van der Waals surface area (Å²) in [5.74, 6) is 0.107. The molecular formula is C10H16N4O4S. The van der Waals surface area contributed by atoms with Crippen LogP contribution in [0.15, 0.2) is 18.3 Å². The molecule has 0 saturated heterocycles. The summed E-state index contributed by atoms with van der Waals surface area (Å²) in [6, 6.07) is 2.79. The van der Waals surface area contributed by atoms with Gasteiger partial charge >= 0.3 is 5.69 Å². The average Bonchev–Trinajstić information content (AvgIpc) is 2.23. The van der Waals surface area contributed by atoms with Gasteiger partial charge in [-0.3, -0.25) is 10.1 Å². The van der Waals surface area contributed by atoms with E-state index in [1.165, 1.54) is 18.3 Å². The minimum atomic E-state index is -3.36. The molecule has 1 rings (SSSR count). The minimum Gasteiger partial charge on any atom is -0.362 e. The van der Waals surface area contributed by atoms with Crippen molar-refractivity contribution in [1.82, 2.24) is 9.71 Å². The first kappa shape index (κ1) is 15.3. The normalized spacial score (nSPS) is 12.2. The molecule has 19 heavy (non-hydrogen) atoms. The van der Waals surface area contributed by atoms with Crippen molar-refractivity contribution in [3.63, 3.8) is 0 Å². The molecule has 0 atom stereocenters. The highest BCUT2D eigenvalue weighted by atomic mass is 32.2. The lowest BCUT2D eigenvalue weighted by atomic mass is 10.1. The van der Waals surface area contributed by atoms with Gasteiger partial charge in [0.1, 0.15) is 0 Å². The first-order chi connectivity index (χ1) is 8.61. The standard InChI is InChI=1S/C10H16N4O4S/c1-10(2,13-19(3,17)18)7-12-9-8(14(15)16)5-4-6-11-9/h4-6,13H,7H2,1-3H3,(H,11,12). The van der Waals surface area contributed by atoms with Gasteiger partial charge in [-0.2, -0.15) is 0 Å². The van der Waals surface area contributed by atoms with Crippen molar-refractivity contribution in [3.05, 3.63) is 28.4 Å². The molecule has 0 bridgehead atoms. The third-order valence-corrected chi connectivity index (χ3v) is 3.07. The lowest BCUT2D eigenvalue weighted by molar-refractivity contribution is -0.384. The number of pyridine rings is 1. The number of anilines is 1. The summed E-state index contributed by atoms with van der Waals surface area (Å²) in [6.07, 6.45) is 2.48. The SMILES string of the molecule is CC(C)(CNc1ncccc1[N+](=O)[O-])NS(C)(=O)=O. The van der Waals surface area contributed by atoms with Gasteiger partial charge in [0.15, 0.2) is 0 Å². The molecule has 0 aromatic carbocycles. The Morgan fingerprint density at radius 1 is 1.47 bits per heavy atom. The minimum absolute atomic E-state index is 0.107. The number of nitrogens with one attached hydrogen (secondary N) is 2. The monoisotopic (exact) mass is 288 g/mol. The maximum absolute atomic E-state index is 11.2. The van der Waals surface area contributed by atoms with Gasteiger partial charge in [-0.15, -0.1) is 0 Å². The molecule has 0 fully saturated rings. The number of sulfonamides is 1. The topological polar surface area (TPSA) is 114 Å². The third-order valence-electron chi connectivity index (χ3n) is 2.14. The van der Waals surface area contributed by atoms with Crippen LogP contribution >= 0.6 is 0 Å². The van der Waals surface area contributed by atoms with Crippen LogP contribution in [0.25, 0.3) is 0 Å². The number of nitro groups is 1. The lowest BCUT2D eigenvalue weighted by Gasteiger charge is -2.25. The fraction of sp³-hybridized carbons (Fsp3) is 0.500. The molecule has 1 aromatic heterocycles. The Balaban J connectivity index is 2.80. The van der Waals surface area contributed by atoms with Crippen LogP contribution in [-0.4, -0.2) is 36.7 Å². The van der Waals surface area contributed by atoms with Crippen LogP contribution < -0.4 is 10.0 Å². The molecule has 1 heterocycles. The molecule has 0 aliphatic carbocycles. The van der Waals surface area contributed by atoms with E-state index in [4.69, 9.17) is 0 Å². The maximum atomic E-state index is 11.2. The van der Waals surface area contributed by atoms with E-state index in [0.29, 0.717) is 0 Å². The second kappa shape index (κ2) is 5.49. The van der Waals surface area contributed by atoms with Gasteiger partial charge in [-0.05, 0) is 19.9 Å². The average molecular weight is 288 g/mol. The molecular weight excluding hydrogens is 272 g/mol. The number of hydrogen-bond acceptors (Lipinski definition) is 6. The summed E-state index contributed by atoms with van der Waals surface area (Å²) in [5.41, 5.74) is -0.948. The maximum Gasteiger partial charge on any atom is 0.311 e. The number of nitrogens with zero attached hydrogens (tertiary/aromatic N) is 2. The smallest absolute Gasteiger partial charge is 0.311 e. The van der Waals surface area contributed by atoms with Crippen LogP contribution in [0.3, 0.4) is 0 Å². The van der Waals surface area contributed by atoms with Crippen molar-refractivity contribution in [3.8, 4) is 0 Å². The number of aromatic nitrogens is 1. The lowest BCUT2D eigenvalue weighted by Crippen LogP contribution is -2.47. The molecule has 0 radical (unpaired) electrons. The highest BCUT2D eigenvalue weighted by molar-refractivity contribution is 7.88. The fourth-order valence-corrected chi connectivity index (χ4v) is 2.60. The van der Waals surface area contributed by atoms with E-state index in [1.54, 1.807) is 13.8 Å². The molecule has 0 aliphatic heterocycles. The van der Waals surface area contributed by atoms with E-state index in [-0.39, 0.29) is 18.1 Å². The predicted molar refractivity (Wildman–Crippen MR) is 71.4 cm³/mol. The predicted octanol–water partition coefficient (Wildman–Crippen LogP) is 0.729. The van der Waals surface area contributed by atoms with Crippen molar-refractivity contribution in [2.75, 3.05) is 18.1 Å². The van der Waals surface area contributed by atoms with Gasteiger partial charge in [-0.25, -0.2) is 18.1 Å². The second-order valence-electron chi connectivity index (χ2n) is 4.74. The molecule has 8 nitrogen and oxygen atoms in total. The summed E-state index contributed by atoms with van der Waals surface area (Å²) < 4.78 is 24.8. The summed E-state index contributed by atoms with van der Waals surface area (Å²) in [7, 11) is -3.36. The first-order valence-electron chi connectivity index (χ1n) is 5.43. The van der Waals surface area contributed by atoms with Crippen molar-refractivity contribution < 1.29 is 13.3 Å². The summed E-state index contributed by atoms with van der Waals surface area (Å²) in [6.45, 7) is 3.49. The molecule has 0 aliphatic rings. The Morgan fingerprint density at radius 3 is 2.63 bits per heavy atom. The molecule has 0 spiro atoms. The summed E-state index contributed by atoms with van der Waals surface area (Å²) >= 11 is 0. The fourth-order valence-electron chi connectivity index (χ4n) is 1.52. The van der Waals surface area contributed by atoms with Gasteiger partial charge in [0.2, 0.25) is 15.8 Å². The molecule has 9 heteroatoms. The van der Waals surface area contributed by atoms with Crippen molar-refractivity contribution >= 4 is 21.5 Å². The quantitative estimate of drug-likeness (QED) is 0.589. The van der Waals surface area contributed by atoms with Gasteiger partial charge < -0.3 is 5.32 Å². The van der Waals surface area contributed by atoms with Gasteiger partial charge in [0, 0.05) is 24.3 Å². The zero-order chi connectivity index (χ0) is 14.7. The van der Waals surface area contributed by atoms with Crippen molar-refractivity contribution in [2.45, 2.75) is 19.4 Å². The summed E-state index contributed by atoms with van der Waals surface area (Å²) in [4.78, 5) is 14.1. The van der Waals surface area contributed by atoms with Gasteiger partial charge in [-0.1, -0.05) is 0 Å². The van der Waals surface area contributed by atoms with Crippen LogP contribution in [0, 0.1) is 10.1 Å². The van der Waals surface area contributed by atoms with Gasteiger partial charge in [0.05, 0.1) is 11.2 Å². The molecule has 0 amide bonds. The second-order valence-corrected chi connectivity index (χ2v) is 6.49. The van der Waals surface area contributed by atoms with E-state index >= 15 is 0 Å². The van der Waals surface area contributed by atoms with Crippen LogP contribution in [0.1, 0.15) is 13.8 Å². The Kier molecular flexibility index (Phi) is 4.43. The van der Waals surface area contributed by atoms with Crippen LogP contribution in [-0.2, 0) is 10.0 Å². The van der Waals surface area contributed by atoms with Crippen LogP contribution in [0.2, 0.25) is 0 Å². The van der Waals surface area contributed by atoms with E-state index in [0.717, 1.165) is 6.26 Å². The van der Waals surface area contributed by atoms with Crippen LogP contribution in [0.5, 0.6) is 0 Å². The van der Waals surface area contributed by atoms with E-state index < -0.39 is 20.5 Å². The number of hydrogen-bond donors (Lipinski definition) is 2.